The Morgan fingerprint density at radius 2 is 2.14 bits per heavy atom. The minimum Gasteiger partial charge on any atom is -0.393 e. The molecule has 0 unspecified atom stereocenters. The largest absolute Gasteiger partial charge is 0.393 e. The second kappa shape index (κ2) is 6.91. The number of anilines is 1. The van der Waals surface area contributed by atoms with E-state index in [0.717, 1.165) is 5.56 Å². The van der Waals surface area contributed by atoms with Crippen LogP contribution >= 0.6 is 0 Å². The molecule has 3 amide bonds. The van der Waals surface area contributed by atoms with Gasteiger partial charge >= 0.3 is 6.17 Å². The molecular weight excluding hydrogens is 360 g/mol. The van der Waals surface area contributed by atoms with Gasteiger partial charge in [-0.05, 0) is 30.9 Å². The lowest BCUT2D eigenvalue weighted by Crippen LogP contribution is -2.42. The van der Waals surface area contributed by atoms with Gasteiger partial charge in [0, 0.05) is 18.3 Å². The van der Waals surface area contributed by atoms with Crippen LogP contribution in [0.15, 0.2) is 24.3 Å². The van der Waals surface area contributed by atoms with Gasteiger partial charge in [0.2, 0.25) is 17.7 Å². The fourth-order valence-corrected chi connectivity index (χ4v) is 4.59. The molecule has 0 aromatic heterocycles. The fourth-order valence-electron chi connectivity index (χ4n) is 4.59. The molecule has 28 heavy (non-hydrogen) atoms. The van der Waals surface area contributed by atoms with Crippen molar-refractivity contribution in [2.45, 2.75) is 55.8 Å². The van der Waals surface area contributed by atoms with Gasteiger partial charge in [-0.2, -0.15) is 0 Å². The Kier molecular flexibility index (Phi) is 4.55. The summed E-state index contributed by atoms with van der Waals surface area (Å²) in [6.07, 6.45) is 0.503. The first kappa shape index (κ1) is 18.4. The Labute approximate surface area is 162 Å². The van der Waals surface area contributed by atoms with Crippen molar-refractivity contribution in [2.75, 3.05) is 11.9 Å². The van der Waals surface area contributed by atoms with Crippen molar-refractivity contribution < 1.29 is 19.5 Å². The van der Waals surface area contributed by atoms with Gasteiger partial charge in [0.05, 0.1) is 12.5 Å². The Balaban J connectivity index is 1.48. The molecule has 8 nitrogen and oxygen atoms in total. The number of hydrogen-bond donors (Lipinski definition) is 3. The van der Waals surface area contributed by atoms with Gasteiger partial charge in [-0.25, -0.2) is 6.57 Å². The maximum absolute atomic E-state index is 12.8. The third-order valence-electron chi connectivity index (χ3n) is 6.01. The number of rotatable bonds is 3. The van der Waals surface area contributed by atoms with Crippen LogP contribution in [-0.2, 0) is 19.8 Å². The molecule has 2 fully saturated rings. The Bertz CT molecular complexity index is 879. The minimum absolute atomic E-state index is 0.0944. The second-order valence-corrected chi connectivity index (χ2v) is 7.83. The summed E-state index contributed by atoms with van der Waals surface area (Å²) < 4.78 is 0. The van der Waals surface area contributed by atoms with Crippen molar-refractivity contribution in [1.29, 1.82) is 0 Å². The van der Waals surface area contributed by atoms with Crippen molar-refractivity contribution >= 4 is 23.4 Å². The average molecular weight is 382 g/mol. The zero-order chi connectivity index (χ0) is 19.9. The molecule has 1 aliphatic carbocycles. The van der Waals surface area contributed by atoms with Crippen LogP contribution in [0.4, 0.5) is 5.69 Å². The quantitative estimate of drug-likeness (QED) is 0.531. The molecule has 8 heteroatoms. The first-order valence-corrected chi connectivity index (χ1v) is 9.47. The molecule has 4 atom stereocenters. The van der Waals surface area contributed by atoms with E-state index in [2.05, 4.69) is 15.5 Å². The van der Waals surface area contributed by atoms with Gasteiger partial charge in [0.15, 0.2) is 0 Å². The number of likely N-dealkylation sites (tertiary alicyclic amines) is 1. The lowest BCUT2D eigenvalue weighted by Gasteiger charge is -2.21. The van der Waals surface area contributed by atoms with Crippen LogP contribution < -0.4 is 10.6 Å². The molecule has 1 spiro atoms. The first-order valence-electron chi connectivity index (χ1n) is 9.47. The van der Waals surface area contributed by atoms with Crippen molar-refractivity contribution in [2.24, 2.45) is 0 Å². The number of para-hydroxylation sites is 1. The van der Waals surface area contributed by atoms with E-state index < -0.39 is 29.5 Å². The van der Waals surface area contributed by atoms with Crippen LogP contribution in [0, 0.1) is 6.57 Å². The maximum atomic E-state index is 12.8. The van der Waals surface area contributed by atoms with Gasteiger partial charge in [-0.3, -0.25) is 24.1 Å². The molecule has 146 valence electrons. The van der Waals surface area contributed by atoms with Gasteiger partial charge in [-0.1, -0.05) is 18.2 Å². The summed E-state index contributed by atoms with van der Waals surface area (Å²) >= 11 is 0. The molecule has 2 aliphatic heterocycles. The smallest absolute Gasteiger partial charge is 0.302 e. The number of hydrogen-bond acceptors (Lipinski definition) is 4. The molecule has 1 aromatic rings. The number of nitrogens with one attached hydrogen (secondary N) is 2. The first-order chi connectivity index (χ1) is 13.4. The number of fused-ring (bicyclic) bond motifs is 2. The zero-order valence-corrected chi connectivity index (χ0v) is 15.4. The van der Waals surface area contributed by atoms with E-state index in [1.165, 1.54) is 4.90 Å². The fraction of sp³-hybridized carbons (Fsp3) is 0.500. The summed E-state index contributed by atoms with van der Waals surface area (Å²) in [6.45, 7) is 7.57. The predicted molar refractivity (Wildman–Crippen MR) is 99.9 cm³/mol. The monoisotopic (exact) mass is 382 g/mol. The predicted octanol–water partition coefficient (Wildman–Crippen LogP) is 0.774. The Morgan fingerprint density at radius 1 is 1.36 bits per heavy atom. The number of aliphatic hydroxyl groups is 1. The van der Waals surface area contributed by atoms with E-state index in [0.29, 0.717) is 24.9 Å². The number of amides is 3. The molecular formula is C20H22N4O4. The summed E-state index contributed by atoms with van der Waals surface area (Å²) in [5, 5.41) is 15.2. The van der Waals surface area contributed by atoms with Crippen molar-refractivity contribution in [1.82, 2.24) is 10.2 Å². The third-order valence-corrected chi connectivity index (χ3v) is 6.01. The lowest BCUT2D eigenvalue weighted by molar-refractivity contribution is -0.136. The highest BCUT2D eigenvalue weighted by atomic mass is 16.3. The number of aliphatic hydroxyl groups excluding tert-OH is 1. The van der Waals surface area contributed by atoms with Crippen LogP contribution in [0.1, 0.15) is 37.7 Å². The molecule has 3 N–H and O–H groups in total. The summed E-state index contributed by atoms with van der Waals surface area (Å²) in [5.41, 5.74) is 0.574. The molecule has 2 heterocycles. The van der Waals surface area contributed by atoms with Crippen molar-refractivity contribution in [3.05, 3.63) is 41.2 Å². The SMILES string of the molecule is [C-]#[N+][C@@H]1C[C@@]2(CN1C(=O)CC(=O)N[C@@H]1CC[C@@H](O)C1)C(=O)Nc1ccccc12. The number of nitrogens with zero attached hydrogens (tertiary/aromatic N) is 2. The minimum atomic E-state index is -0.937. The van der Waals surface area contributed by atoms with Crippen molar-refractivity contribution in [3.8, 4) is 0 Å². The summed E-state index contributed by atoms with van der Waals surface area (Å²) in [5.74, 6) is -1.07. The van der Waals surface area contributed by atoms with Crippen LogP contribution in [0.5, 0.6) is 0 Å². The molecule has 1 aromatic carbocycles. The summed E-state index contributed by atoms with van der Waals surface area (Å²) in [7, 11) is 0. The van der Waals surface area contributed by atoms with E-state index >= 15 is 0 Å². The van der Waals surface area contributed by atoms with Gasteiger partial charge in [0.1, 0.15) is 11.8 Å². The molecule has 0 bridgehead atoms. The zero-order valence-electron chi connectivity index (χ0n) is 15.4. The third kappa shape index (κ3) is 3.02. The highest BCUT2D eigenvalue weighted by molar-refractivity contribution is 6.07. The highest BCUT2D eigenvalue weighted by Crippen LogP contribution is 2.46. The topological polar surface area (TPSA) is 103 Å². The number of carbonyl (C=O) groups excluding carboxylic acids is 3. The normalized spacial score (nSPS) is 30.8. The van der Waals surface area contributed by atoms with Gasteiger partial charge in [0.25, 0.3) is 0 Å². The van der Waals surface area contributed by atoms with Crippen LogP contribution in [0.3, 0.4) is 0 Å². The van der Waals surface area contributed by atoms with E-state index in [9.17, 15) is 19.5 Å². The molecule has 0 radical (unpaired) electrons. The highest BCUT2D eigenvalue weighted by Gasteiger charge is 2.58. The van der Waals surface area contributed by atoms with E-state index in [1.807, 2.05) is 24.3 Å². The molecule has 1 saturated heterocycles. The molecule has 3 aliphatic rings. The van der Waals surface area contributed by atoms with Crippen LogP contribution in [-0.4, -0.2) is 52.6 Å². The van der Waals surface area contributed by atoms with Crippen LogP contribution in [0.25, 0.3) is 4.85 Å². The number of benzene rings is 1. The molecule has 4 rings (SSSR count). The van der Waals surface area contributed by atoms with Crippen molar-refractivity contribution in [3.63, 3.8) is 0 Å². The maximum Gasteiger partial charge on any atom is 0.302 e. The van der Waals surface area contributed by atoms with Crippen LogP contribution in [0.2, 0.25) is 0 Å². The van der Waals surface area contributed by atoms with E-state index in [1.54, 1.807) is 0 Å². The van der Waals surface area contributed by atoms with E-state index in [4.69, 9.17) is 6.57 Å². The van der Waals surface area contributed by atoms with Gasteiger partial charge < -0.3 is 15.7 Å². The van der Waals surface area contributed by atoms with E-state index in [-0.39, 0.29) is 31.3 Å². The van der Waals surface area contributed by atoms with Gasteiger partial charge in [-0.15, -0.1) is 0 Å². The Hall–Kier alpha value is -2.92. The number of carbonyl (C=O) groups is 3. The standard InChI is InChI=1S/C20H22N4O4/c1-21-16-10-20(14-4-2-3-5-15(14)23-19(20)28)11-24(16)18(27)9-17(26)22-12-6-7-13(25)8-12/h2-5,12-13,16,25H,6-11H2,(H,22,26)(H,23,28)/t12-,13-,16+,20+/m1/s1. The summed E-state index contributed by atoms with van der Waals surface area (Å²) in [6, 6.07) is 7.20. The summed E-state index contributed by atoms with van der Waals surface area (Å²) in [4.78, 5) is 42.6. The molecule has 1 saturated carbocycles. The average Bonchev–Trinajstić information content (AvgIpc) is 3.33. The Morgan fingerprint density at radius 3 is 2.86 bits per heavy atom. The lowest BCUT2D eigenvalue weighted by atomic mass is 9.80. The second-order valence-electron chi connectivity index (χ2n) is 7.83.